The number of rotatable bonds is 4. The predicted molar refractivity (Wildman–Crippen MR) is 91.3 cm³/mol. The van der Waals surface area contributed by atoms with E-state index in [9.17, 15) is 0 Å². The minimum atomic E-state index is -0.480. The van der Waals surface area contributed by atoms with Crippen molar-refractivity contribution in [2.24, 2.45) is 10.1 Å². The highest BCUT2D eigenvalue weighted by molar-refractivity contribution is 6.39. The van der Waals surface area contributed by atoms with E-state index in [1.807, 2.05) is 13.8 Å². The highest BCUT2D eigenvalue weighted by Crippen LogP contribution is 2.36. The van der Waals surface area contributed by atoms with Gasteiger partial charge in [0, 0.05) is 16.7 Å². The lowest BCUT2D eigenvalue weighted by molar-refractivity contribution is 0.215. The van der Waals surface area contributed by atoms with E-state index >= 15 is 0 Å². The zero-order valence-corrected chi connectivity index (χ0v) is 14.6. The Morgan fingerprint density at radius 1 is 1.36 bits per heavy atom. The Balaban J connectivity index is 2.43. The van der Waals surface area contributed by atoms with Crippen LogP contribution in [0.1, 0.15) is 31.4 Å². The van der Waals surface area contributed by atoms with Gasteiger partial charge in [-0.15, -0.1) is 0 Å². The largest absolute Gasteiger partial charge is 0.440 e. The number of ether oxygens (including phenoxy) is 1. The summed E-state index contributed by atoms with van der Waals surface area (Å²) in [6.45, 7) is 3.97. The van der Waals surface area contributed by atoms with Crippen LogP contribution < -0.4 is 0 Å². The third-order valence-corrected chi connectivity index (χ3v) is 4.31. The Labute approximate surface area is 144 Å². The van der Waals surface area contributed by atoms with E-state index in [2.05, 4.69) is 15.0 Å². The summed E-state index contributed by atoms with van der Waals surface area (Å²) < 4.78 is 5.74. The topological polar surface area (TPSA) is 43.2 Å². The van der Waals surface area contributed by atoms with Gasteiger partial charge in [-0.25, -0.2) is 4.99 Å². The summed E-state index contributed by atoms with van der Waals surface area (Å²) >= 11 is 18.3. The number of hydrogen-bond donors (Lipinski definition) is 0. The maximum absolute atomic E-state index is 6.24. The van der Waals surface area contributed by atoms with Crippen molar-refractivity contribution in [2.45, 2.75) is 25.8 Å². The van der Waals surface area contributed by atoms with Crippen molar-refractivity contribution in [1.29, 1.82) is 0 Å². The van der Waals surface area contributed by atoms with Crippen molar-refractivity contribution in [3.05, 3.63) is 44.6 Å². The summed E-state index contributed by atoms with van der Waals surface area (Å²) in [6.07, 6.45) is 2.21. The van der Waals surface area contributed by atoms with Gasteiger partial charge in [0.25, 0.3) is 0 Å². The lowest BCUT2D eigenvalue weighted by atomic mass is 9.99. The number of nitrogens with zero attached hydrogens (tertiary/aromatic N) is 2. The van der Waals surface area contributed by atoms with Gasteiger partial charge in [-0.3, -0.25) is 0 Å². The molecule has 0 fully saturated rings. The second-order valence-corrected chi connectivity index (χ2v) is 5.92. The van der Waals surface area contributed by atoms with Crippen molar-refractivity contribution in [1.82, 2.24) is 0 Å². The van der Waals surface area contributed by atoms with Crippen molar-refractivity contribution >= 4 is 46.9 Å². The molecule has 0 saturated heterocycles. The average molecular weight is 362 g/mol. The third-order valence-electron chi connectivity index (χ3n) is 3.49. The van der Waals surface area contributed by atoms with Gasteiger partial charge in [-0.05, 0) is 25.5 Å². The first-order valence-electron chi connectivity index (χ1n) is 6.59. The Morgan fingerprint density at radius 3 is 2.45 bits per heavy atom. The first-order valence-corrected chi connectivity index (χ1v) is 7.79. The van der Waals surface area contributed by atoms with Crippen LogP contribution in [0.5, 0.6) is 0 Å². The number of oxime groups is 1. The highest BCUT2D eigenvalue weighted by atomic mass is 35.5. The van der Waals surface area contributed by atoms with Crippen molar-refractivity contribution in [3.8, 4) is 0 Å². The quantitative estimate of drug-likeness (QED) is 0.559. The average Bonchev–Trinajstić information content (AvgIpc) is 2.84. The molecule has 2 rings (SSSR count). The van der Waals surface area contributed by atoms with Crippen LogP contribution in [0.4, 0.5) is 0 Å². The zero-order chi connectivity index (χ0) is 16.3. The minimum Gasteiger partial charge on any atom is -0.440 e. The Kier molecular flexibility index (Phi) is 5.37. The Bertz CT molecular complexity index is 648. The van der Waals surface area contributed by atoms with Crippen LogP contribution in [-0.4, -0.2) is 24.8 Å². The van der Waals surface area contributed by atoms with Crippen LogP contribution in [0, 0.1) is 0 Å². The van der Waals surface area contributed by atoms with E-state index in [1.165, 1.54) is 18.9 Å². The van der Waals surface area contributed by atoms with Gasteiger partial charge >= 0.3 is 0 Å². The fraction of sp³-hybridized carbons (Fsp3) is 0.333. The second kappa shape index (κ2) is 6.90. The summed E-state index contributed by atoms with van der Waals surface area (Å²) in [6, 6.07) is 3.44. The van der Waals surface area contributed by atoms with Crippen molar-refractivity contribution < 1.29 is 9.57 Å². The maximum atomic E-state index is 6.24. The fourth-order valence-electron chi connectivity index (χ4n) is 1.97. The van der Waals surface area contributed by atoms with Crippen LogP contribution in [0.3, 0.4) is 0 Å². The monoisotopic (exact) mass is 360 g/mol. The van der Waals surface area contributed by atoms with Gasteiger partial charge < -0.3 is 9.57 Å². The van der Waals surface area contributed by atoms with Crippen molar-refractivity contribution in [2.75, 3.05) is 7.11 Å². The molecule has 22 heavy (non-hydrogen) atoms. The van der Waals surface area contributed by atoms with Crippen LogP contribution in [0.2, 0.25) is 10.0 Å². The van der Waals surface area contributed by atoms with Crippen molar-refractivity contribution in [3.63, 3.8) is 0 Å². The molecule has 1 aromatic carbocycles. The van der Waals surface area contributed by atoms with E-state index in [4.69, 9.17) is 39.5 Å². The van der Waals surface area contributed by atoms with E-state index in [-0.39, 0.29) is 0 Å². The Hall–Kier alpha value is -1.23. The molecule has 0 aliphatic carbocycles. The van der Waals surface area contributed by atoms with Gasteiger partial charge in [0.1, 0.15) is 18.4 Å². The number of hydrogen-bond acceptors (Lipinski definition) is 4. The highest BCUT2D eigenvalue weighted by Gasteiger charge is 2.36. The first-order chi connectivity index (χ1) is 10.4. The maximum Gasteiger partial charge on any atom is 0.222 e. The fourth-order valence-corrected chi connectivity index (χ4v) is 2.83. The molecule has 1 aromatic rings. The molecular weight excluding hydrogens is 347 g/mol. The van der Waals surface area contributed by atoms with E-state index in [1.54, 1.807) is 12.1 Å². The normalized spacial score (nSPS) is 23.0. The lowest BCUT2D eigenvalue weighted by Crippen LogP contribution is -2.19. The molecule has 7 heteroatoms. The van der Waals surface area contributed by atoms with Gasteiger partial charge in [-0.1, -0.05) is 46.9 Å². The minimum absolute atomic E-state index is 0.427. The van der Waals surface area contributed by atoms with Gasteiger partial charge in [0.05, 0.1) is 16.3 Å². The molecule has 0 aromatic heterocycles. The standard InChI is InChI=1S/C15H15Cl3N2O2/c1-4-15(2)13(7-16)22-14(20-15)9-5-11(17)10(8-19-21-3)12(18)6-9/h5-8H,4H2,1-3H3. The van der Waals surface area contributed by atoms with Crippen LogP contribution >= 0.6 is 34.8 Å². The predicted octanol–water partition coefficient (Wildman–Crippen LogP) is 5.00. The number of benzene rings is 1. The molecule has 1 aliphatic heterocycles. The zero-order valence-electron chi connectivity index (χ0n) is 12.4. The van der Waals surface area contributed by atoms with E-state index in [0.717, 1.165) is 6.42 Å². The molecule has 1 atom stereocenters. The smallest absolute Gasteiger partial charge is 0.222 e. The van der Waals surface area contributed by atoms with E-state index < -0.39 is 5.54 Å². The summed E-state index contributed by atoms with van der Waals surface area (Å²) in [7, 11) is 1.44. The molecule has 1 heterocycles. The number of aliphatic imine (C=N–C) groups is 1. The molecule has 0 saturated carbocycles. The van der Waals surface area contributed by atoms with Gasteiger partial charge in [0.2, 0.25) is 5.90 Å². The molecule has 0 amide bonds. The third kappa shape index (κ3) is 3.24. The van der Waals surface area contributed by atoms with Crippen LogP contribution in [-0.2, 0) is 9.57 Å². The molecule has 0 spiro atoms. The SMILES string of the molecule is CCC1(C)N=C(c2cc(Cl)c(C=NOC)c(Cl)c2)OC1=CCl. The summed E-state index contributed by atoms with van der Waals surface area (Å²) in [4.78, 5) is 9.24. The first kappa shape index (κ1) is 17.1. The Morgan fingerprint density at radius 2 is 2.00 bits per heavy atom. The lowest BCUT2D eigenvalue weighted by Gasteiger charge is -2.16. The van der Waals surface area contributed by atoms with Crippen LogP contribution in [0.25, 0.3) is 0 Å². The number of halogens is 3. The molecule has 0 bridgehead atoms. The van der Waals surface area contributed by atoms with Gasteiger partial charge in [-0.2, -0.15) is 0 Å². The second-order valence-electron chi connectivity index (χ2n) is 4.89. The van der Waals surface area contributed by atoms with Crippen LogP contribution in [0.15, 0.2) is 33.6 Å². The molecule has 0 radical (unpaired) electrons. The van der Waals surface area contributed by atoms with E-state index in [0.29, 0.717) is 32.8 Å². The molecule has 1 unspecified atom stereocenters. The molecule has 4 nitrogen and oxygen atoms in total. The van der Waals surface area contributed by atoms with Gasteiger partial charge in [0.15, 0.2) is 0 Å². The summed E-state index contributed by atoms with van der Waals surface area (Å²) in [5.41, 5.74) is 2.17. The molecule has 118 valence electrons. The molecule has 1 aliphatic rings. The molecule has 0 N–H and O–H groups in total. The molecular formula is C15H15Cl3N2O2. The summed E-state index contributed by atoms with van der Waals surface area (Å²) in [5, 5.41) is 4.52. The summed E-state index contributed by atoms with van der Waals surface area (Å²) in [5.74, 6) is 1.04.